The summed E-state index contributed by atoms with van der Waals surface area (Å²) in [5.41, 5.74) is -0.556. The average molecular weight is 628 g/mol. The van der Waals surface area contributed by atoms with E-state index in [4.69, 9.17) is 9.16 Å². The zero-order valence-electron chi connectivity index (χ0n) is 23.5. The van der Waals surface area contributed by atoms with Crippen LogP contribution in [0.3, 0.4) is 0 Å². The fourth-order valence-electron chi connectivity index (χ4n) is 5.56. The molecule has 0 bridgehead atoms. The zero-order valence-corrected chi connectivity index (χ0v) is 26.1. The molecule has 0 unspecified atom stereocenters. The van der Waals surface area contributed by atoms with E-state index in [-0.39, 0.29) is 5.04 Å². The highest BCUT2D eigenvalue weighted by Gasteiger charge is 2.54. The number of aromatic amines is 1. The molecular formula is C31H39BrN2O5Si. The van der Waals surface area contributed by atoms with E-state index in [2.05, 4.69) is 66.0 Å². The second kappa shape index (κ2) is 13.0. The van der Waals surface area contributed by atoms with Crippen LogP contribution in [0.15, 0.2) is 88.6 Å². The molecule has 4 atom stereocenters. The van der Waals surface area contributed by atoms with Gasteiger partial charge in [0, 0.05) is 23.5 Å². The number of nitrogens with one attached hydrogen (secondary N) is 1. The molecule has 1 aromatic heterocycles. The number of halogens is 1. The van der Waals surface area contributed by atoms with Gasteiger partial charge in [-0.2, -0.15) is 0 Å². The van der Waals surface area contributed by atoms with Crippen molar-refractivity contribution in [2.45, 2.75) is 76.5 Å². The molecule has 4 rings (SSSR count). The molecule has 0 spiro atoms. The van der Waals surface area contributed by atoms with Crippen LogP contribution in [-0.4, -0.2) is 46.6 Å². The van der Waals surface area contributed by atoms with Crippen LogP contribution in [0.1, 0.15) is 51.8 Å². The molecule has 40 heavy (non-hydrogen) atoms. The van der Waals surface area contributed by atoms with Gasteiger partial charge in [0.05, 0.1) is 12.2 Å². The molecule has 9 heteroatoms. The first-order chi connectivity index (χ1) is 19.1. The van der Waals surface area contributed by atoms with Gasteiger partial charge in [0.2, 0.25) is 0 Å². The van der Waals surface area contributed by atoms with Crippen LogP contribution >= 0.6 is 15.9 Å². The van der Waals surface area contributed by atoms with Crippen LogP contribution in [-0.2, 0) is 9.16 Å². The summed E-state index contributed by atoms with van der Waals surface area (Å²) >= 11 is 3.43. The molecule has 0 aliphatic carbocycles. The van der Waals surface area contributed by atoms with Crippen LogP contribution in [0.2, 0.25) is 5.04 Å². The van der Waals surface area contributed by atoms with E-state index in [1.54, 1.807) is 6.92 Å². The number of aryl methyl sites for hydroxylation is 1. The number of hydrogen-bond acceptors (Lipinski definition) is 5. The van der Waals surface area contributed by atoms with Crippen molar-refractivity contribution in [3.63, 3.8) is 0 Å². The Kier molecular flexibility index (Phi) is 9.84. The monoisotopic (exact) mass is 626 g/mol. The summed E-state index contributed by atoms with van der Waals surface area (Å²) in [6.07, 6.45) is 4.38. The maximum atomic E-state index is 12.8. The smallest absolute Gasteiger partial charge is 0.330 e. The molecular weight excluding hydrogens is 588 g/mol. The third-order valence-electron chi connectivity index (χ3n) is 7.51. The van der Waals surface area contributed by atoms with Crippen LogP contribution in [0.25, 0.3) is 0 Å². The third kappa shape index (κ3) is 6.34. The number of benzene rings is 2. The van der Waals surface area contributed by atoms with Crippen molar-refractivity contribution in [1.82, 2.24) is 9.55 Å². The van der Waals surface area contributed by atoms with Gasteiger partial charge in [-0.1, -0.05) is 110 Å². The summed E-state index contributed by atoms with van der Waals surface area (Å²) in [4.78, 5) is 27.2. The summed E-state index contributed by atoms with van der Waals surface area (Å²) in [6.45, 7) is 8.27. The van der Waals surface area contributed by atoms with E-state index < -0.39 is 44.1 Å². The number of alkyl halides is 1. The van der Waals surface area contributed by atoms with Gasteiger partial charge in [0.25, 0.3) is 13.9 Å². The predicted octanol–water partition coefficient (Wildman–Crippen LogP) is 4.17. The van der Waals surface area contributed by atoms with E-state index in [9.17, 15) is 14.7 Å². The number of nitrogens with zero attached hydrogens (tertiary/aromatic N) is 1. The number of hydrogen-bond donors (Lipinski definition) is 2. The standard InChI is InChI=1S/C31H39BrN2O5Si/c1-22-21-34(30(37)33-29(22)36)27-20-26(28(38-27)25(35)18-12-7-13-19-32)39-40(31(2,3)4,23-14-8-5-9-15-23)24-16-10-6-11-17-24/h5-12,14-17,21,25-28,35H,13,18-20H2,1-4H3,(H,33,36,37)/b12-7+/t25-,26-,27+,28+/m0/s1. The highest BCUT2D eigenvalue weighted by molar-refractivity contribution is 9.09. The number of aliphatic hydroxyl groups is 1. The zero-order chi connectivity index (χ0) is 28.9. The molecule has 1 aliphatic rings. The SMILES string of the molecule is Cc1cn([C@H]2C[C@H](O[Si](c3ccccc3)(c3ccccc3)C(C)(C)C)[C@@H]([C@@H](O)C/C=C/CCBr)O2)c(=O)[nH]c1=O. The minimum Gasteiger partial charge on any atom is -0.402 e. The molecule has 214 valence electrons. The van der Waals surface area contributed by atoms with E-state index >= 15 is 0 Å². The first-order valence-corrected chi connectivity index (χ1v) is 16.8. The topological polar surface area (TPSA) is 93.6 Å². The highest BCUT2D eigenvalue weighted by Crippen LogP contribution is 2.41. The molecule has 1 saturated heterocycles. The Labute approximate surface area is 245 Å². The number of rotatable bonds is 10. The summed E-state index contributed by atoms with van der Waals surface area (Å²) in [6, 6.07) is 20.6. The fraction of sp³-hybridized carbons (Fsp3) is 0.419. The Morgan fingerprint density at radius 2 is 1.70 bits per heavy atom. The molecule has 2 N–H and O–H groups in total. The van der Waals surface area contributed by atoms with Crippen LogP contribution in [0.5, 0.6) is 0 Å². The van der Waals surface area contributed by atoms with Gasteiger partial charge in [0.15, 0.2) is 0 Å². The van der Waals surface area contributed by atoms with Crippen molar-refractivity contribution >= 4 is 34.6 Å². The number of H-pyrrole nitrogens is 1. The van der Waals surface area contributed by atoms with Gasteiger partial charge in [-0.3, -0.25) is 14.3 Å². The number of aliphatic hydroxyl groups excluding tert-OH is 1. The molecule has 1 aliphatic heterocycles. The van der Waals surface area contributed by atoms with Gasteiger partial charge in [-0.25, -0.2) is 4.79 Å². The van der Waals surface area contributed by atoms with Crippen molar-refractivity contribution in [1.29, 1.82) is 0 Å². The van der Waals surface area contributed by atoms with Crippen molar-refractivity contribution in [3.8, 4) is 0 Å². The lowest BCUT2D eigenvalue weighted by atomic mass is 10.0. The number of ether oxygens (including phenoxy) is 1. The van der Waals surface area contributed by atoms with E-state index in [0.29, 0.717) is 18.4 Å². The van der Waals surface area contributed by atoms with Crippen molar-refractivity contribution < 1.29 is 14.3 Å². The van der Waals surface area contributed by atoms with E-state index in [1.807, 2.05) is 48.6 Å². The predicted molar refractivity (Wildman–Crippen MR) is 165 cm³/mol. The molecule has 0 amide bonds. The molecule has 3 aromatic rings. The normalized spacial score (nSPS) is 20.7. The van der Waals surface area contributed by atoms with E-state index in [1.165, 1.54) is 10.8 Å². The van der Waals surface area contributed by atoms with Crippen LogP contribution in [0.4, 0.5) is 0 Å². The maximum absolute atomic E-state index is 12.8. The number of allylic oxidation sites excluding steroid dienone is 1. The van der Waals surface area contributed by atoms with Gasteiger partial charge >= 0.3 is 5.69 Å². The first kappa shape index (κ1) is 30.4. The minimum atomic E-state index is -2.97. The van der Waals surface area contributed by atoms with Crippen molar-refractivity contribution in [2.75, 3.05) is 5.33 Å². The summed E-state index contributed by atoms with van der Waals surface area (Å²) < 4.78 is 15.2. The Bertz CT molecular complexity index is 1360. The Hall–Kier alpha value is -2.56. The largest absolute Gasteiger partial charge is 0.402 e. The molecule has 0 radical (unpaired) electrons. The van der Waals surface area contributed by atoms with Crippen LogP contribution < -0.4 is 21.6 Å². The Morgan fingerprint density at radius 3 is 2.25 bits per heavy atom. The summed E-state index contributed by atoms with van der Waals surface area (Å²) in [7, 11) is -2.97. The van der Waals surface area contributed by atoms with Crippen molar-refractivity contribution in [3.05, 3.63) is 105 Å². The Morgan fingerprint density at radius 1 is 1.10 bits per heavy atom. The van der Waals surface area contributed by atoms with Gasteiger partial charge in [-0.15, -0.1) is 0 Å². The lowest BCUT2D eigenvalue weighted by Crippen LogP contribution is -2.68. The molecule has 2 aromatic carbocycles. The highest BCUT2D eigenvalue weighted by atomic mass is 79.9. The number of aromatic nitrogens is 2. The van der Waals surface area contributed by atoms with Gasteiger partial charge < -0.3 is 14.3 Å². The summed E-state index contributed by atoms with van der Waals surface area (Å²) in [5.74, 6) is 0. The lowest BCUT2D eigenvalue weighted by molar-refractivity contribution is -0.0794. The molecule has 2 heterocycles. The fourth-order valence-corrected chi connectivity index (χ4v) is 10.5. The van der Waals surface area contributed by atoms with Crippen LogP contribution in [0, 0.1) is 6.92 Å². The van der Waals surface area contributed by atoms with E-state index in [0.717, 1.165) is 22.1 Å². The first-order valence-electron chi connectivity index (χ1n) is 13.7. The van der Waals surface area contributed by atoms with Crippen molar-refractivity contribution in [2.24, 2.45) is 0 Å². The molecule has 1 fully saturated rings. The second-order valence-electron chi connectivity index (χ2n) is 11.3. The minimum absolute atomic E-state index is 0.273. The quantitative estimate of drug-likeness (QED) is 0.200. The second-order valence-corrected chi connectivity index (χ2v) is 16.4. The Balaban J connectivity index is 1.81. The molecule has 0 saturated carbocycles. The lowest BCUT2D eigenvalue weighted by Gasteiger charge is -2.45. The third-order valence-corrected chi connectivity index (χ3v) is 13.0. The maximum Gasteiger partial charge on any atom is 0.330 e. The molecule has 7 nitrogen and oxygen atoms in total. The van der Waals surface area contributed by atoms with Gasteiger partial charge in [0.1, 0.15) is 12.3 Å². The summed E-state index contributed by atoms with van der Waals surface area (Å²) in [5, 5.41) is 14.2. The van der Waals surface area contributed by atoms with Gasteiger partial charge in [-0.05, 0) is 35.2 Å². The average Bonchev–Trinajstić information content (AvgIpc) is 3.35.